The first-order chi connectivity index (χ1) is 21.2. The van der Waals surface area contributed by atoms with Gasteiger partial charge < -0.3 is 25.6 Å². The third-order valence-electron chi connectivity index (χ3n) is 6.32. The molecule has 0 aliphatic heterocycles. The minimum absolute atomic E-state index is 0.174. The number of benzene rings is 2. The average molecular weight is 736 g/mol. The Bertz CT molecular complexity index is 1450. The third kappa shape index (κ3) is 13.3. The van der Waals surface area contributed by atoms with Crippen LogP contribution in [-0.4, -0.2) is 57.9 Å². The number of anilines is 1. The number of aryl methyl sites for hydroxylation is 1. The molecular weight excluding hydrogens is 709 g/mol. The van der Waals surface area contributed by atoms with E-state index in [0.717, 1.165) is 42.4 Å². The lowest BCUT2D eigenvalue weighted by atomic mass is 9.91. The summed E-state index contributed by atoms with van der Waals surface area (Å²) in [5.74, 6) is -4.80. The number of nitrogens with one attached hydrogen (secondary N) is 2. The minimum atomic E-state index is -5.08. The number of carboxylic acids is 2. The predicted molar refractivity (Wildman–Crippen MR) is 151 cm³/mol. The van der Waals surface area contributed by atoms with Crippen LogP contribution < -0.4 is 15.4 Å². The van der Waals surface area contributed by atoms with Gasteiger partial charge in [0.25, 0.3) is 0 Å². The van der Waals surface area contributed by atoms with E-state index in [1.165, 1.54) is 11.6 Å². The average Bonchev–Trinajstić information content (AvgIpc) is 2.92. The molecule has 1 heterocycles. The Morgan fingerprint density at radius 1 is 0.870 bits per heavy atom. The maximum absolute atomic E-state index is 12.7. The number of nitrogens with zero attached hydrogens (tertiary/aromatic N) is 1. The summed E-state index contributed by atoms with van der Waals surface area (Å²) in [6, 6.07) is 15.5. The summed E-state index contributed by atoms with van der Waals surface area (Å²) < 4.78 is 106. The maximum atomic E-state index is 12.7. The van der Waals surface area contributed by atoms with Crippen molar-refractivity contribution in [3.63, 3.8) is 0 Å². The summed E-state index contributed by atoms with van der Waals surface area (Å²) in [6.45, 7) is 2.42. The van der Waals surface area contributed by atoms with Crippen molar-refractivity contribution in [2.24, 2.45) is 0 Å². The molecule has 254 valence electrons. The van der Waals surface area contributed by atoms with E-state index in [1.807, 2.05) is 18.2 Å². The number of para-hydroxylation sites is 1. The highest BCUT2D eigenvalue weighted by atomic mass is 79.9. The van der Waals surface area contributed by atoms with E-state index in [0.29, 0.717) is 22.6 Å². The Hall–Kier alpha value is -3.80. The van der Waals surface area contributed by atoms with Gasteiger partial charge in [0.05, 0.1) is 5.52 Å². The number of fused-ring (bicyclic) bond motifs is 1. The van der Waals surface area contributed by atoms with Crippen molar-refractivity contribution in [3.05, 3.63) is 64.1 Å². The number of pyridine rings is 1. The van der Waals surface area contributed by atoms with Crippen LogP contribution in [0.5, 0.6) is 5.75 Å². The summed E-state index contributed by atoms with van der Waals surface area (Å²) in [5.41, 5.74) is 2.66. The van der Waals surface area contributed by atoms with E-state index in [9.17, 15) is 39.5 Å². The zero-order chi connectivity index (χ0) is 34.9. The summed E-state index contributed by atoms with van der Waals surface area (Å²) in [5, 5.41) is 22.4. The summed E-state index contributed by atoms with van der Waals surface area (Å²) in [4.78, 5) is 22.5. The fraction of sp³-hybridized carbons (Fsp3) is 0.393. The van der Waals surface area contributed by atoms with Crippen LogP contribution in [0.1, 0.15) is 36.8 Å². The molecule has 1 aromatic heterocycles. The van der Waals surface area contributed by atoms with Crippen LogP contribution in [0.4, 0.5) is 45.3 Å². The highest BCUT2D eigenvalue weighted by molar-refractivity contribution is 9.10. The zero-order valence-corrected chi connectivity index (χ0v) is 25.2. The molecule has 0 atom stereocenters. The van der Waals surface area contributed by atoms with Gasteiger partial charge in [-0.3, -0.25) is 0 Å². The lowest BCUT2D eigenvalue weighted by molar-refractivity contribution is -0.275. The van der Waals surface area contributed by atoms with Crippen LogP contribution >= 0.6 is 15.9 Å². The Labute approximate surface area is 264 Å². The Morgan fingerprint density at radius 2 is 1.39 bits per heavy atom. The summed E-state index contributed by atoms with van der Waals surface area (Å²) in [7, 11) is 0. The quantitative estimate of drug-likeness (QED) is 0.188. The van der Waals surface area contributed by atoms with Gasteiger partial charge >= 0.3 is 30.7 Å². The van der Waals surface area contributed by atoms with Crippen LogP contribution in [0.25, 0.3) is 10.9 Å². The summed E-state index contributed by atoms with van der Waals surface area (Å²) in [6.07, 6.45) is -11.1. The van der Waals surface area contributed by atoms with Gasteiger partial charge in [0, 0.05) is 34.1 Å². The molecule has 0 saturated heterocycles. The number of rotatable bonds is 6. The van der Waals surface area contributed by atoms with E-state index < -0.39 is 30.7 Å². The molecule has 1 aliphatic rings. The topological polar surface area (TPSA) is 121 Å². The predicted octanol–water partition coefficient (Wildman–Crippen LogP) is 7.98. The molecule has 1 fully saturated rings. The van der Waals surface area contributed by atoms with Crippen LogP contribution in [0.3, 0.4) is 0 Å². The SMILES string of the molecule is Cc1cc(NC2CCC(NCc3ccc(Br)cc3OC(F)(F)F)CC2)nc2ccccc12.O=C(O)C(F)(F)F.O=C(O)C(F)(F)F. The van der Waals surface area contributed by atoms with Crippen molar-refractivity contribution in [1.82, 2.24) is 10.3 Å². The fourth-order valence-corrected chi connectivity index (χ4v) is 4.56. The van der Waals surface area contributed by atoms with Gasteiger partial charge in [-0.05, 0) is 62.4 Å². The number of hydrogen-bond acceptors (Lipinski definition) is 6. The monoisotopic (exact) mass is 735 g/mol. The van der Waals surface area contributed by atoms with Crippen molar-refractivity contribution >= 4 is 44.6 Å². The maximum Gasteiger partial charge on any atom is 0.573 e. The molecule has 3 aromatic rings. The largest absolute Gasteiger partial charge is 0.573 e. The molecule has 8 nitrogen and oxygen atoms in total. The molecule has 0 amide bonds. The fourth-order valence-electron chi connectivity index (χ4n) is 4.22. The van der Waals surface area contributed by atoms with Crippen molar-refractivity contribution in [1.29, 1.82) is 0 Å². The molecule has 0 radical (unpaired) electrons. The molecule has 46 heavy (non-hydrogen) atoms. The number of hydrogen-bond donors (Lipinski definition) is 4. The molecule has 1 aliphatic carbocycles. The van der Waals surface area contributed by atoms with Crippen LogP contribution in [-0.2, 0) is 16.1 Å². The lowest BCUT2D eigenvalue weighted by Crippen LogP contribution is -2.36. The number of ether oxygens (including phenoxy) is 1. The number of carboxylic acid groups (broad SMARTS) is 2. The van der Waals surface area contributed by atoms with Gasteiger partial charge in [0.2, 0.25) is 0 Å². The normalized spacial score (nSPS) is 16.8. The van der Waals surface area contributed by atoms with Crippen molar-refractivity contribution < 1.29 is 64.1 Å². The van der Waals surface area contributed by atoms with Gasteiger partial charge in [0.15, 0.2) is 0 Å². The first-order valence-corrected chi connectivity index (χ1v) is 14.0. The molecule has 2 aromatic carbocycles. The molecule has 0 spiro atoms. The number of aromatic nitrogens is 1. The Kier molecular flexibility index (Phi) is 13.5. The number of halogens is 10. The standard InChI is InChI=1S/C24H25BrF3N3O.2C2HF3O2/c1-15-12-23(31-21-5-3-2-4-20(15)21)30-19-10-8-18(9-11-19)29-14-16-6-7-17(25)13-22(16)32-24(26,27)28;2*3-2(4,5)1(6)7/h2-7,12-13,18-19,29H,8-11,14H2,1H3,(H,30,31);2*(H,6,7). The van der Waals surface area contributed by atoms with Crippen molar-refractivity contribution in [3.8, 4) is 5.75 Å². The minimum Gasteiger partial charge on any atom is -0.475 e. The summed E-state index contributed by atoms with van der Waals surface area (Å²) >= 11 is 3.20. The smallest absolute Gasteiger partial charge is 0.475 e. The van der Waals surface area contributed by atoms with Gasteiger partial charge in [-0.15, -0.1) is 13.2 Å². The van der Waals surface area contributed by atoms with Crippen LogP contribution in [0, 0.1) is 6.92 Å². The Balaban J connectivity index is 0.000000440. The molecule has 4 rings (SSSR count). The second-order valence-corrected chi connectivity index (χ2v) is 10.7. The van der Waals surface area contributed by atoms with Crippen LogP contribution in [0.2, 0.25) is 0 Å². The first-order valence-electron chi connectivity index (χ1n) is 13.2. The Morgan fingerprint density at radius 3 is 1.91 bits per heavy atom. The number of carbonyl (C=O) groups is 2. The highest BCUT2D eigenvalue weighted by Gasteiger charge is 2.39. The molecule has 4 N–H and O–H groups in total. The zero-order valence-electron chi connectivity index (χ0n) is 23.7. The molecule has 1 saturated carbocycles. The van der Waals surface area contributed by atoms with Crippen LogP contribution in [0.15, 0.2) is 53.0 Å². The molecular formula is C28H27BrF9N3O5. The van der Waals surface area contributed by atoms with Gasteiger partial charge in [0.1, 0.15) is 11.6 Å². The molecule has 0 unspecified atom stereocenters. The third-order valence-corrected chi connectivity index (χ3v) is 6.82. The van der Waals surface area contributed by atoms with E-state index in [1.54, 1.807) is 12.1 Å². The second-order valence-electron chi connectivity index (χ2n) is 9.82. The first kappa shape index (κ1) is 38.4. The van der Waals surface area contributed by atoms with E-state index in [-0.39, 0.29) is 11.8 Å². The van der Waals surface area contributed by atoms with Gasteiger partial charge in [-0.25, -0.2) is 14.6 Å². The van der Waals surface area contributed by atoms with Gasteiger partial charge in [-0.2, -0.15) is 26.3 Å². The highest BCUT2D eigenvalue weighted by Crippen LogP contribution is 2.30. The number of aliphatic carboxylic acids is 2. The lowest BCUT2D eigenvalue weighted by Gasteiger charge is -2.30. The van der Waals surface area contributed by atoms with E-state index in [4.69, 9.17) is 24.8 Å². The molecule has 18 heteroatoms. The van der Waals surface area contributed by atoms with Crippen molar-refractivity contribution in [2.75, 3.05) is 5.32 Å². The van der Waals surface area contributed by atoms with Crippen molar-refractivity contribution in [2.45, 2.75) is 70.0 Å². The van der Waals surface area contributed by atoms with E-state index >= 15 is 0 Å². The van der Waals surface area contributed by atoms with E-state index in [2.05, 4.69) is 50.4 Å². The second kappa shape index (κ2) is 16.2. The molecule has 0 bridgehead atoms. The van der Waals surface area contributed by atoms with Gasteiger partial charge in [-0.1, -0.05) is 40.2 Å². The number of alkyl halides is 9.